The van der Waals surface area contributed by atoms with Gasteiger partial charge >= 0.3 is 0 Å². The van der Waals surface area contributed by atoms with Crippen LogP contribution in [-0.2, 0) is 17.6 Å². The number of halogens is 1. The molecule has 1 N–H and O–H groups in total. The van der Waals surface area contributed by atoms with Gasteiger partial charge in [0.25, 0.3) is 0 Å². The van der Waals surface area contributed by atoms with Crippen LogP contribution in [0.3, 0.4) is 0 Å². The second-order valence-electron chi connectivity index (χ2n) is 5.38. The number of benzene rings is 2. The molecule has 22 heavy (non-hydrogen) atoms. The molecule has 0 unspecified atom stereocenters. The molecule has 0 aliphatic heterocycles. The monoisotopic (exact) mass is 299 g/mol. The van der Waals surface area contributed by atoms with Gasteiger partial charge in [-0.25, -0.2) is 4.39 Å². The standard InChI is InChI=1S/C19H22FNO/c20-18-12-6-5-11-17(18)14-15-21-19(22)13-7-4-10-16-8-2-1-3-9-16/h1-3,5-6,8-9,11-12H,4,7,10,13-15H2,(H,21,22). The average Bonchev–Trinajstić information content (AvgIpc) is 2.54. The van der Waals surface area contributed by atoms with Crippen molar-refractivity contribution in [3.8, 4) is 0 Å². The van der Waals surface area contributed by atoms with E-state index in [-0.39, 0.29) is 11.7 Å². The Labute approximate surface area is 131 Å². The van der Waals surface area contributed by atoms with Crippen molar-refractivity contribution < 1.29 is 9.18 Å². The molecule has 0 aliphatic carbocycles. The largest absolute Gasteiger partial charge is 0.356 e. The predicted octanol–water partition coefficient (Wildman–Crippen LogP) is 3.90. The maximum Gasteiger partial charge on any atom is 0.220 e. The van der Waals surface area contributed by atoms with Gasteiger partial charge in [0.1, 0.15) is 5.82 Å². The molecule has 2 nitrogen and oxygen atoms in total. The smallest absolute Gasteiger partial charge is 0.220 e. The summed E-state index contributed by atoms with van der Waals surface area (Å²) in [6, 6.07) is 17.0. The van der Waals surface area contributed by atoms with Crippen LogP contribution in [-0.4, -0.2) is 12.5 Å². The number of rotatable bonds is 8. The lowest BCUT2D eigenvalue weighted by Gasteiger charge is -2.06. The number of hydrogen-bond acceptors (Lipinski definition) is 1. The molecule has 0 heterocycles. The lowest BCUT2D eigenvalue weighted by molar-refractivity contribution is -0.121. The van der Waals surface area contributed by atoms with E-state index in [2.05, 4.69) is 17.4 Å². The fourth-order valence-electron chi connectivity index (χ4n) is 2.39. The first-order valence-corrected chi connectivity index (χ1v) is 7.80. The highest BCUT2D eigenvalue weighted by Gasteiger charge is 2.03. The summed E-state index contributed by atoms with van der Waals surface area (Å²) in [6.07, 6.45) is 3.95. The third kappa shape index (κ3) is 5.68. The topological polar surface area (TPSA) is 29.1 Å². The summed E-state index contributed by atoms with van der Waals surface area (Å²) in [6.45, 7) is 0.485. The van der Waals surface area contributed by atoms with Gasteiger partial charge in [-0.2, -0.15) is 0 Å². The van der Waals surface area contributed by atoms with Gasteiger partial charge in [0.2, 0.25) is 5.91 Å². The number of unbranched alkanes of at least 4 members (excludes halogenated alkanes) is 1. The van der Waals surface area contributed by atoms with Crippen molar-refractivity contribution in [2.45, 2.75) is 32.1 Å². The van der Waals surface area contributed by atoms with Gasteiger partial charge < -0.3 is 5.32 Å². The van der Waals surface area contributed by atoms with Crippen LogP contribution < -0.4 is 5.32 Å². The molecule has 2 aromatic rings. The Morgan fingerprint density at radius 3 is 2.41 bits per heavy atom. The van der Waals surface area contributed by atoms with E-state index in [1.807, 2.05) is 24.3 Å². The van der Waals surface area contributed by atoms with E-state index in [0.717, 1.165) is 19.3 Å². The fraction of sp³-hybridized carbons (Fsp3) is 0.316. The van der Waals surface area contributed by atoms with Gasteiger partial charge in [-0.05, 0) is 42.9 Å². The minimum atomic E-state index is -0.209. The van der Waals surface area contributed by atoms with Crippen LogP contribution in [0.15, 0.2) is 54.6 Å². The molecule has 2 aromatic carbocycles. The number of carbonyl (C=O) groups is 1. The van der Waals surface area contributed by atoms with E-state index in [0.29, 0.717) is 24.9 Å². The summed E-state index contributed by atoms with van der Waals surface area (Å²) < 4.78 is 13.4. The molecule has 0 aromatic heterocycles. The van der Waals surface area contributed by atoms with Crippen LogP contribution in [0.2, 0.25) is 0 Å². The van der Waals surface area contributed by atoms with Crippen molar-refractivity contribution in [2.24, 2.45) is 0 Å². The van der Waals surface area contributed by atoms with E-state index in [9.17, 15) is 9.18 Å². The molecule has 116 valence electrons. The minimum Gasteiger partial charge on any atom is -0.356 e. The zero-order valence-electron chi connectivity index (χ0n) is 12.7. The van der Waals surface area contributed by atoms with Gasteiger partial charge in [0.05, 0.1) is 0 Å². The third-order valence-electron chi connectivity index (χ3n) is 3.64. The van der Waals surface area contributed by atoms with Crippen molar-refractivity contribution in [2.75, 3.05) is 6.54 Å². The molecule has 1 amide bonds. The Morgan fingerprint density at radius 1 is 0.909 bits per heavy atom. The van der Waals surface area contributed by atoms with Gasteiger partial charge in [0.15, 0.2) is 0 Å². The first-order chi connectivity index (χ1) is 10.8. The first-order valence-electron chi connectivity index (χ1n) is 7.80. The number of hydrogen-bond donors (Lipinski definition) is 1. The average molecular weight is 299 g/mol. The zero-order chi connectivity index (χ0) is 15.6. The van der Waals surface area contributed by atoms with Crippen molar-refractivity contribution in [1.29, 1.82) is 0 Å². The van der Waals surface area contributed by atoms with Crippen molar-refractivity contribution in [3.05, 3.63) is 71.5 Å². The Morgan fingerprint density at radius 2 is 1.64 bits per heavy atom. The van der Waals surface area contributed by atoms with E-state index in [1.165, 1.54) is 11.6 Å². The van der Waals surface area contributed by atoms with Crippen LogP contribution in [0.5, 0.6) is 0 Å². The van der Waals surface area contributed by atoms with Crippen LogP contribution >= 0.6 is 0 Å². The fourth-order valence-corrected chi connectivity index (χ4v) is 2.39. The highest BCUT2D eigenvalue weighted by atomic mass is 19.1. The summed E-state index contributed by atoms with van der Waals surface area (Å²) in [4.78, 5) is 11.7. The highest BCUT2D eigenvalue weighted by Crippen LogP contribution is 2.07. The van der Waals surface area contributed by atoms with Gasteiger partial charge in [-0.1, -0.05) is 48.5 Å². The second-order valence-corrected chi connectivity index (χ2v) is 5.38. The molecule has 0 saturated heterocycles. The molecule has 0 radical (unpaired) electrons. The highest BCUT2D eigenvalue weighted by molar-refractivity contribution is 5.75. The van der Waals surface area contributed by atoms with Crippen molar-refractivity contribution in [1.82, 2.24) is 5.32 Å². The van der Waals surface area contributed by atoms with E-state index in [1.54, 1.807) is 12.1 Å². The summed E-state index contributed by atoms with van der Waals surface area (Å²) in [5, 5.41) is 2.85. The lowest BCUT2D eigenvalue weighted by atomic mass is 10.1. The van der Waals surface area contributed by atoms with Crippen LogP contribution in [0.4, 0.5) is 4.39 Å². The molecular formula is C19H22FNO. The molecule has 0 spiro atoms. The predicted molar refractivity (Wildman–Crippen MR) is 87.1 cm³/mol. The molecular weight excluding hydrogens is 277 g/mol. The Bertz CT molecular complexity index is 583. The number of nitrogens with one attached hydrogen (secondary N) is 1. The molecule has 2 rings (SSSR count). The molecule has 0 aliphatic rings. The maximum absolute atomic E-state index is 13.4. The Hall–Kier alpha value is -2.16. The summed E-state index contributed by atoms with van der Waals surface area (Å²) >= 11 is 0. The summed E-state index contributed by atoms with van der Waals surface area (Å²) in [5.41, 5.74) is 1.95. The quantitative estimate of drug-likeness (QED) is 0.736. The molecule has 3 heteroatoms. The normalized spacial score (nSPS) is 10.4. The molecule has 0 bridgehead atoms. The van der Waals surface area contributed by atoms with Gasteiger partial charge in [-0.15, -0.1) is 0 Å². The third-order valence-corrected chi connectivity index (χ3v) is 3.64. The molecule has 0 atom stereocenters. The van der Waals surface area contributed by atoms with Crippen LogP contribution in [0.25, 0.3) is 0 Å². The van der Waals surface area contributed by atoms with E-state index >= 15 is 0 Å². The van der Waals surface area contributed by atoms with Gasteiger partial charge in [-0.3, -0.25) is 4.79 Å². The Kier molecular flexibility index (Phi) is 6.62. The van der Waals surface area contributed by atoms with Crippen LogP contribution in [0, 0.1) is 5.82 Å². The number of carbonyl (C=O) groups excluding carboxylic acids is 1. The van der Waals surface area contributed by atoms with Crippen molar-refractivity contribution in [3.63, 3.8) is 0 Å². The molecule has 0 saturated carbocycles. The minimum absolute atomic E-state index is 0.0457. The Balaban J connectivity index is 1.57. The lowest BCUT2D eigenvalue weighted by Crippen LogP contribution is -2.25. The second kappa shape index (κ2) is 8.98. The van der Waals surface area contributed by atoms with E-state index < -0.39 is 0 Å². The first kappa shape index (κ1) is 16.2. The van der Waals surface area contributed by atoms with E-state index in [4.69, 9.17) is 0 Å². The van der Waals surface area contributed by atoms with Crippen molar-refractivity contribution >= 4 is 5.91 Å². The summed E-state index contributed by atoms with van der Waals surface area (Å²) in [7, 11) is 0. The van der Waals surface area contributed by atoms with Crippen LogP contribution in [0.1, 0.15) is 30.4 Å². The maximum atomic E-state index is 13.4. The zero-order valence-corrected chi connectivity index (χ0v) is 12.7. The van der Waals surface area contributed by atoms with Gasteiger partial charge in [0, 0.05) is 13.0 Å². The number of amides is 1. The molecule has 0 fully saturated rings. The summed E-state index contributed by atoms with van der Waals surface area (Å²) in [5.74, 6) is -0.163. The SMILES string of the molecule is O=C(CCCCc1ccccc1)NCCc1ccccc1F. The number of aryl methyl sites for hydroxylation is 1.